The predicted octanol–water partition coefficient (Wildman–Crippen LogP) is 1.83. The van der Waals surface area contributed by atoms with Gasteiger partial charge in [-0.3, -0.25) is 11.3 Å². The lowest BCUT2D eigenvalue weighted by atomic mass is 9.98. The van der Waals surface area contributed by atoms with Crippen LogP contribution in [0.2, 0.25) is 0 Å². The predicted molar refractivity (Wildman–Crippen MR) is 59.4 cm³/mol. The Balaban J connectivity index is 2.99. The van der Waals surface area contributed by atoms with Crippen molar-refractivity contribution < 1.29 is 0 Å². The van der Waals surface area contributed by atoms with E-state index in [1.165, 1.54) is 16.7 Å². The van der Waals surface area contributed by atoms with E-state index >= 15 is 0 Å². The standard InChI is InChI=1S/C12H16N2/c1-4-5-12(14-13)11-7-6-9(2)8-10(11)3/h1,6-8,12,14H,5,13H2,2-3H3. The van der Waals surface area contributed by atoms with E-state index in [1.54, 1.807) is 0 Å². The van der Waals surface area contributed by atoms with Crippen molar-refractivity contribution >= 4 is 0 Å². The first-order valence-electron chi connectivity index (χ1n) is 4.65. The number of benzene rings is 1. The highest BCUT2D eigenvalue weighted by Gasteiger charge is 2.10. The molecule has 2 heteroatoms. The van der Waals surface area contributed by atoms with Gasteiger partial charge in [-0.05, 0) is 25.0 Å². The van der Waals surface area contributed by atoms with E-state index in [-0.39, 0.29) is 6.04 Å². The minimum atomic E-state index is 0.0561. The highest BCUT2D eigenvalue weighted by molar-refractivity contribution is 5.33. The van der Waals surface area contributed by atoms with Crippen LogP contribution in [0, 0.1) is 26.2 Å². The molecule has 1 rings (SSSR count). The molecule has 0 heterocycles. The molecular formula is C12H16N2. The molecule has 2 nitrogen and oxygen atoms in total. The van der Waals surface area contributed by atoms with Crippen molar-refractivity contribution in [1.29, 1.82) is 0 Å². The fraction of sp³-hybridized carbons (Fsp3) is 0.333. The molecule has 3 N–H and O–H groups in total. The van der Waals surface area contributed by atoms with Gasteiger partial charge in [-0.2, -0.15) is 0 Å². The van der Waals surface area contributed by atoms with Crippen LogP contribution in [0.3, 0.4) is 0 Å². The number of aryl methyl sites for hydroxylation is 2. The Labute approximate surface area is 85.5 Å². The van der Waals surface area contributed by atoms with Gasteiger partial charge in [0.25, 0.3) is 0 Å². The molecule has 0 amide bonds. The first-order chi connectivity index (χ1) is 6.69. The van der Waals surface area contributed by atoms with Crippen LogP contribution in [-0.4, -0.2) is 0 Å². The smallest absolute Gasteiger partial charge is 0.0571 e. The van der Waals surface area contributed by atoms with Crippen molar-refractivity contribution in [2.24, 2.45) is 5.84 Å². The summed E-state index contributed by atoms with van der Waals surface area (Å²) >= 11 is 0. The van der Waals surface area contributed by atoms with Crippen molar-refractivity contribution in [1.82, 2.24) is 5.43 Å². The number of hydrazine groups is 1. The summed E-state index contributed by atoms with van der Waals surface area (Å²) in [7, 11) is 0. The number of terminal acetylenes is 1. The average molecular weight is 188 g/mol. The van der Waals surface area contributed by atoms with Gasteiger partial charge in [-0.1, -0.05) is 23.8 Å². The maximum atomic E-state index is 5.45. The third kappa shape index (κ3) is 2.35. The van der Waals surface area contributed by atoms with Gasteiger partial charge in [-0.25, -0.2) is 0 Å². The molecule has 0 aliphatic rings. The first-order valence-corrected chi connectivity index (χ1v) is 4.65. The molecule has 14 heavy (non-hydrogen) atoms. The van der Waals surface area contributed by atoms with Crippen molar-refractivity contribution in [3.8, 4) is 12.3 Å². The zero-order valence-corrected chi connectivity index (χ0v) is 8.67. The third-order valence-corrected chi connectivity index (χ3v) is 2.32. The lowest BCUT2D eigenvalue weighted by molar-refractivity contribution is 0.565. The van der Waals surface area contributed by atoms with Crippen LogP contribution in [-0.2, 0) is 0 Å². The summed E-state index contributed by atoms with van der Waals surface area (Å²) in [4.78, 5) is 0. The van der Waals surface area contributed by atoms with E-state index in [0.717, 1.165) is 0 Å². The molecule has 1 aromatic carbocycles. The summed E-state index contributed by atoms with van der Waals surface area (Å²) in [5.74, 6) is 8.07. The van der Waals surface area contributed by atoms with E-state index in [2.05, 4.69) is 43.4 Å². The van der Waals surface area contributed by atoms with Gasteiger partial charge >= 0.3 is 0 Å². The molecule has 1 unspecified atom stereocenters. The van der Waals surface area contributed by atoms with Gasteiger partial charge in [0.15, 0.2) is 0 Å². The Morgan fingerprint density at radius 1 is 1.50 bits per heavy atom. The van der Waals surface area contributed by atoms with Gasteiger partial charge in [-0.15, -0.1) is 12.3 Å². The Bertz CT molecular complexity index is 350. The minimum absolute atomic E-state index is 0.0561. The summed E-state index contributed by atoms with van der Waals surface area (Å²) in [6, 6.07) is 6.34. The molecule has 0 fully saturated rings. The van der Waals surface area contributed by atoms with E-state index < -0.39 is 0 Å². The third-order valence-electron chi connectivity index (χ3n) is 2.32. The molecular weight excluding hydrogens is 172 g/mol. The number of hydrogen-bond donors (Lipinski definition) is 2. The second-order valence-corrected chi connectivity index (χ2v) is 3.49. The Morgan fingerprint density at radius 2 is 2.21 bits per heavy atom. The molecule has 0 spiro atoms. The molecule has 0 saturated heterocycles. The summed E-state index contributed by atoms with van der Waals surface area (Å²) in [6.07, 6.45) is 5.89. The minimum Gasteiger partial charge on any atom is -0.271 e. The van der Waals surface area contributed by atoms with Crippen LogP contribution >= 0.6 is 0 Å². The van der Waals surface area contributed by atoms with E-state index in [1.807, 2.05) is 0 Å². The number of nitrogens with two attached hydrogens (primary N) is 1. The fourth-order valence-electron chi connectivity index (χ4n) is 1.59. The molecule has 74 valence electrons. The molecule has 0 aliphatic carbocycles. The van der Waals surface area contributed by atoms with Gasteiger partial charge in [0.1, 0.15) is 0 Å². The molecule has 0 aliphatic heterocycles. The lowest BCUT2D eigenvalue weighted by Crippen LogP contribution is -2.28. The Hall–Kier alpha value is -1.30. The Morgan fingerprint density at radius 3 is 2.71 bits per heavy atom. The van der Waals surface area contributed by atoms with Crippen molar-refractivity contribution in [3.05, 3.63) is 34.9 Å². The normalized spacial score (nSPS) is 12.1. The molecule has 0 bridgehead atoms. The highest BCUT2D eigenvalue weighted by atomic mass is 15.2. The largest absolute Gasteiger partial charge is 0.271 e. The summed E-state index contributed by atoms with van der Waals surface area (Å²) in [6.45, 7) is 4.14. The van der Waals surface area contributed by atoms with E-state index in [0.29, 0.717) is 6.42 Å². The fourth-order valence-corrected chi connectivity index (χ4v) is 1.59. The summed E-state index contributed by atoms with van der Waals surface area (Å²) in [5, 5.41) is 0. The van der Waals surface area contributed by atoms with Crippen molar-refractivity contribution in [2.75, 3.05) is 0 Å². The number of hydrogen-bond acceptors (Lipinski definition) is 2. The Kier molecular flexibility index (Phi) is 3.70. The lowest BCUT2D eigenvalue weighted by Gasteiger charge is -2.16. The zero-order chi connectivity index (χ0) is 10.6. The van der Waals surface area contributed by atoms with Crippen LogP contribution < -0.4 is 11.3 Å². The topological polar surface area (TPSA) is 38.0 Å². The van der Waals surface area contributed by atoms with Gasteiger partial charge in [0.2, 0.25) is 0 Å². The van der Waals surface area contributed by atoms with Gasteiger partial charge in [0, 0.05) is 6.42 Å². The van der Waals surface area contributed by atoms with Crippen LogP contribution in [0.25, 0.3) is 0 Å². The zero-order valence-electron chi connectivity index (χ0n) is 8.67. The van der Waals surface area contributed by atoms with E-state index in [4.69, 9.17) is 12.3 Å². The highest BCUT2D eigenvalue weighted by Crippen LogP contribution is 2.20. The quantitative estimate of drug-likeness (QED) is 0.431. The molecule has 0 saturated carbocycles. The monoisotopic (exact) mass is 188 g/mol. The van der Waals surface area contributed by atoms with E-state index in [9.17, 15) is 0 Å². The second-order valence-electron chi connectivity index (χ2n) is 3.49. The van der Waals surface area contributed by atoms with Crippen LogP contribution in [0.5, 0.6) is 0 Å². The summed E-state index contributed by atoms with van der Waals surface area (Å²) < 4.78 is 0. The first kappa shape index (κ1) is 10.8. The van der Waals surface area contributed by atoms with Crippen LogP contribution in [0.4, 0.5) is 0 Å². The molecule has 0 aromatic heterocycles. The second kappa shape index (κ2) is 4.80. The van der Waals surface area contributed by atoms with Gasteiger partial charge < -0.3 is 0 Å². The number of rotatable bonds is 3. The SMILES string of the molecule is C#CCC(NN)c1ccc(C)cc1C. The maximum Gasteiger partial charge on any atom is 0.0571 e. The number of nitrogens with one attached hydrogen (secondary N) is 1. The maximum absolute atomic E-state index is 5.45. The summed E-state index contributed by atoms with van der Waals surface area (Å²) in [5.41, 5.74) is 6.39. The molecule has 0 radical (unpaired) electrons. The molecule has 1 atom stereocenters. The van der Waals surface area contributed by atoms with Crippen LogP contribution in [0.15, 0.2) is 18.2 Å². The van der Waals surface area contributed by atoms with Crippen molar-refractivity contribution in [2.45, 2.75) is 26.3 Å². The average Bonchev–Trinajstić information content (AvgIpc) is 2.15. The van der Waals surface area contributed by atoms with Gasteiger partial charge in [0.05, 0.1) is 6.04 Å². The van der Waals surface area contributed by atoms with Crippen molar-refractivity contribution in [3.63, 3.8) is 0 Å². The molecule has 1 aromatic rings. The van der Waals surface area contributed by atoms with Crippen LogP contribution in [0.1, 0.15) is 29.2 Å².